The predicted molar refractivity (Wildman–Crippen MR) is 72.7 cm³/mol. The Kier molecular flexibility index (Phi) is 4.14. The Morgan fingerprint density at radius 2 is 2.00 bits per heavy atom. The van der Waals surface area contributed by atoms with Crippen LogP contribution in [-0.2, 0) is 12.6 Å². The average molecular weight is 285 g/mol. The van der Waals surface area contributed by atoms with Gasteiger partial charge in [0.2, 0.25) is 0 Å². The van der Waals surface area contributed by atoms with Crippen molar-refractivity contribution < 1.29 is 13.2 Å². The molecule has 2 rings (SSSR count). The van der Waals surface area contributed by atoms with Gasteiger partial charge < -0.3 is 5.32 Å². The number of aryl methyl sites for hydroxylation is 1. The number of hydrogen-bond acceptors (Lipinski definition) is 2. The highest BCUT2D eigenvalue weighted by atomic mass is 32.1. The second-order valence-electron chi connectivity index (χ2n) is 4.28. The third kappa shape index (κ3) is 3.73. The van der Waals surface area contributed by atoms with Gasteiger partial charge in [-0.2, -0.15) is 13.2 Å². The lowest BCUT2D eigenvalue weighted by Gasteiger charge is -2.13. The van der Waals surface area contributed by atoms with E-state index < -0.39 is 11.7 Å². The van der Waals surface area contributed by atoms with Crippen LogP contribution in [0.4, 0.5) is 18.9 Å². The Balaban J connectivity index is 2.01. The Morgan fingerprint density at radius 3 is 2.63 bits per heavy atom. The van der Waals surface area contributed by atoms with E-state index >= 15 is 0 Å². The fraction of sp³-hybridized carbons (Fsp3) is 0.286. The topological polar surface area (TPSA) is 12.0 Å². The zero-order valence-corrected chi connectivity index (χ0v) is 11.2. The number of thiophene rings is 1. The highest BCUT2D eigenvalue weighted by Gasteiger charge is 2.32. The molecule has 1 aromatic carbocycles. The minimum Gasteiger partial charge on any atom is -0.385 e. The zero-order chi connectivity index (χ0) is 13.9. The number of anilines is 1. The van der Waals surface area contributed by atoms with Crippen LogP contribution in [-0.4, -0.2) is 6.54 Å². The minimum atomic E-state index is -4.30. The van der Waals surface area contributed by atoms with E-state index in [4.69, 9.17) is 0 Å². The quantitative estimate of drug-likeness (QED) is 0.856. The van der Waals surface area contributed by atoms with E-state index in [9.17, 15) is 13.2 Å². The lowest BCUT2D eigenvalue weighted by molar-refractivity contribution is -0.138. The van der Waals surface area contributed by atoms with E-state index in [1.54, 1.807) is 17.4 Å². The van der Waals surface area contributed by atoms with E-state index in [0.29, 0.717) is 12.2 Å². The summed E-state index contributed by atoms with van der Waals surface area (Å²) in [5, 5.41) is 5.02. The molecule has 0 saturated heterocycles. The molecule has 1 N–H and O–H groups in total. The normalized spacial score (nSPS) is 11.6. The summed E-state index contributed by atoms with van der Waals surface area (Å²) in [6.45, 7) is 2.10. The molecule has 102 valence electrons. The van der Waals surface area contributed by atoms with E-state index in [0.717, 1.165) is 6.42 Å². The first-order valence-electron chi connectivity index (χ1n) is 5.91. The van der Waals surface area contributed by atoms with Crippen LogP contribution >= 0.6 is 11.3 Å². The maximum atomic E-state index is 12.7. The molecule has 2 aromatic rings. The van der Waals surface area contributed by atoms with Crippen molar-refractivity contribution in [2.45, 2.75) is 19.5 Å². The Morgan fingerprint density at radius 1 is 1.21 bits per heavy atom. The van der Waals surface area contributed by atoms with Crippen LogP contribution in [0.25, 0.3) is 0 Å². The molecule has 0 unspecified atom stereocenters. The van der Waals surface area contributed by atoms with Crippen LogP contribution in [0.3, 0.4) is 0 Å². The predicted octanol–water partition coefficient (Wildman–Crippen LogP) is 4.73. The van der Waals surface area contributed by atoms with E-state index in [2.05, 4.69) is 5.32 Å². The first-order chi connectivity index (χ1) is 8.97. The number of hydrogen-bond donors (Lipinski definition) is 1. The van der Waals surface area contributed by atoms with Gasteiger partial charge >= 0.3 is 6.18 Å². The van der Waals surface area contributed by atoms with Gasteiger partial charge in [-0.25, -0.2) is 0 Å². The van der Waals surface area contributed by atoms with Crippen molar-refractivity contribution in [2.75, 3.05) is 11.9 Å². The largest absolute Gasteiger partial charge is 0.416 e. The molecule has 19 heavy (non-hydrogen) atoms. The fourth-order valence-electron chi connectivity index (χ4n) is 1.82. The van der Waals surface area contributed by atoms with Crippen LogP contribution in [0.2, 0.25) is 0 Å². The van der Waals surface area contributed by atoms with Crippen molar-refractivity contribution in [3.8, 4) is 0 Å². The first kappa shape index (κ1) is 13.9. The molecule has 0 aliphatic carbocycles. The highest BCUT2D eigenvalue weighted by molar-refractivity contribution is 7.09. The molecule has 0 bridgehead atoms. The molecule has 0 atom stereocenters. The Hall–Kier alpha value is -1.49. The van der Waals surface area contributed by atoms with Crippen molar-refractivity contribution in [3.63, 3.8) is 0 Å². The molecule has 1 aromatic heterocycles. The van der Waals surface area contributed by atoms with Gasteiger partial charge in [0.15, 0.2) is 0 Å². The summed E-state index contributed by atoms with van der Waals surface area (Å²) in [7, 11) is 0. The standard InChI is InChI=1S/C14H14F3NS/c1-10-4-5-11(9-13(10)14(15,16)17)18-7-6-12-3-2-8-19-12/h2-5,8-9,18H,6-7H2,1H3. The molecular formula is C14H14F3NS. The smallest absolute Gasteiger partial charge is 0.385 e. The molecule has 1 heterocycles. The average Bonchev–Trinajstić information content (AvgIpc) is 2.83. The second kappa shape index (κ2) is 5.65. The number of benzene rings is 1. The molecular weight excluding hydrogens is 271 g/mol. The van der Waals surface area contributed by atoms with Gasteiger partial charge in [-0.3, -0.25) is 0 Å². The maximum Gasteiger partial charge on any atom is 0.416 e. The molecule has 0 radical (unpaired) electrons. The van der Waals surface area contributed by atoms with Crippen molar-refractivity contribution in [2.24, 2.45) is 0 Å². The number of alkyl halides is 3. The van der Waals surface area contributed by atoms with Crippen molar-refractivity contribution in [1.29, 1.82) is 0 Å². The van der Waals surface area contributed by atoms with Crippen LogP contribution < -0.4 is 5.32 Å². The van der Waals surface area contributed by atoms with Crippen LogP contribution in [0.5, 0.6) is 0 Å². The third-order valence-electron chi connectivity index (χ3n) is 2.82. The van der Waals surface area contributed by atoms with Gasteiger partial charge in [-0.1, -0.05) is 12.1 Å². The minimum absolute atomic E-state index is 0.247. The monoisotopic (exact) mass is 285 g/mol. The summed E-state index contributed by atoms with van der Waals surface area (Å²) < 4.78 is 38.2. The number of rotatable bonds is 4. The summed E-state index contributed by atoms with van der Waals surface area (Å²) >= 11 is 1.65. The van der Waals surface area contributed by atoms with E-state index in [-0.39, 0.29) is 5.56 Å². The summed E-state index contributed by atoms with van der Waals surface area (Å²) in [4.78, 5) is 1.22. The first-order valence-corrected chi connectivity index (χ1v) is 6.79. The highest BCUT2D eigenvalue weighted by Crippen LogP contribution is 2.33. The van der Waals surface area contributed by atoms with Crippen molar-refractivity contribution in [3.05, 3.63) is 51.7 Å². The van der Waals surface area contributed by atoms with Crippen molar-refractivity contribution >= 4 is 17.0 Å². The van der Waals surface area contributed by atoms with Crippen LogP contribution in [0.1, 0.15) is 16.0 Å². The lowest BCUT2D eigenvalue weighted by atomic mass is 10.1. The van der Waals surface area contributed by atoms with Gasteiger partial charge in [-0.15, -0.1) is 11.3 Å². The molecule has 0 spiro atoms. The molecule has 0 aliphatic rings. The van der Waals surface area contributed by atoms with E-state index in [1.165, 1.54) is 23.9 Å². The number of nitrogens with one attached hydrogen (secondary N) is 1. The summed E-state index contributed by atoms with van der Waals surface area (Å²) in [6, 6.07) is 8.33. The van der Waals surface area contributed by atoms with Gasteiger partial charge in [0, 0.05) is 17.1 Å². The number of halogens is 3. The summed E-state index contributed by atoms with van der Waals surface area (Å²) in [5.74, 6) is 0. The van der Waals surface area contributed by atoms with Gasteiger partial charge in [0.25, 0.3) is 0 Å². The molecule has 0 aliphatic heterocycles. The molecule has 0 fully saturated rings. The third-order valence-corrected chi connectivity index (χ3v) is 3.76. The maximum absolute atomic E-state index is 12.7. The fourth-order valence-corrected chi connectivity index (χ4v) is 2.53. The van der Waals surface area contributed by atoms with Crippen molar-refractivity contribution in [1.82, 2.24) is 0 Å². The van der Waals surface area contributed by atoms with Gasteiger partial charge in [0.05, 0.1) is 5.56 Å². The zero-order valence-electron chi connectivity index (χ0n) is 10.4. The molecule has 1 nitrogen and oxygen atoms in total. The lowest BCUT2D eigenvalue weighted by Crippen LogP contribution is -2.10. The second-order valence-corrected chi connectivity index (χ2v) is 5.32. The molecule has 5 heteroatoms. The SMILES string of the molecule is Cc1ccc(NCCc2cccs2)cc1C(F)(F)F. The summed E-state index contributed by atoms with van der Waals surface area (Å²) in [5.41, 5.74) is 0.180. The molecule has 0 amide bonds. The Bertz CT molecular complexity index is 532. The van der Waals surface area contributed by atoms with Gasteiger partial charge in [-0.05, 0) is 42.5 Å². The van der Waals surface area contributed by atoms with Gasteiger partial charge in [0.1, 0.15) is 0 Å². The summed E-state index contributed by atoms with van der Waals surface area (Å²) in [6.07, 6.45) is -3.48. The Labute approximate surface area is 114 Å². The van der Waals surface area contributed by atoms with E-state index in [1.807, 2.05) is 17.5 Å². The van der Waals surface area contributed by atoms with Crippen LogP contribution in [0, 0.1) is 6.92 Å². The van der Waals surface area contributed by atoms with Crippen LogP contribution in [0.15, 0.2) is 35.7 Å². The molecule has 0 saturated carbocycles.